The van der Waals surface area contributed by atoms with Crippen molar-refractivity contribution in [2.45, 2.75) is 51.2 Å². The van der Waals surface area contributed by atoms with Gasteiger partial charge in [-0.1, -0.05) is 30.9 Å². The molecule has 144 valence electrons. The zero-order valence-corrected chi connectivity index (χ0v) is 16.8. The summed E-state index contributed by atoms with van der Waals surface area (Å²) in [6, 6.07) is 5.06. The third kappa shape index (κ3) is 5.30. The van der Waals surface area contributed by atoms with Crippen molar-refractivity contribution < 1.29 is 18.9 Å². The quantitative estimate of drug-likeness (QED) is 0.719. The number of rotatable bonds is 7. The van der Waals surface area contributed by atoms with Crippen molar-refractivity contribution in [2.75, 3.05) is 11.6 Å². The second-order valence-corrected chi connectivity index (χ2v) is 9.14. The highest BCUT2D eigenvalue weighted by molar-refractivity contribution is 7.83. The SMILES string of the molecule is CS(=O)Cc1cc(NC(=O)C(C)(CC(=O)O)C2CCCCC2)ccc1Cl. The maximum Gasteiger partial charge on any atom is 0.304 e. The Kier molecular flexibility index (Phi) is 7.24. The minimum atomic E-state index is -1.05. The number of carboxylic acid groups (broad SMARTS) is 1. The molecule has 0 heterocycles. The molecule has 7 heteroatoms. The molecule has 1 aromatic rings. The van der Waals surface area contributed by atoms with E-state index in [1.165, 1.54) is 0 Å². The van der Waals surface area contributed by atoms with E-state index in [0.717, 1.165) is 32.1 Å². The third-order valence-corrected chi connectivity index (χ3v) is 6.29. The number of benzene rings is 1. The lowest BCUT2D eigenvalue weighted by atomic mass is 9.67. The number of aliphatic carboxylic acids is 1. The molecule has 0 saturated heterocycles. The van der Waals surface area contributed by atoms with E-state index in [2.05, 4.69) is 5.32 Å². The van der Waals surface area contributed by atoms with Crippen LogP contribution in [-0.2, 0) is 26.1 Å². The molecule has 1 aromatic carbocycles. The highest BCUT2D eigenvalue weighted by Gasteiger charge is 2.43. The fraction of sp³-hybridized carbons (Fsp3) is 0.579. The van der Waals surface area contributed by atoms with Crippen LogP contribution in [0, 0.1) is 11.3 Å². The minimum absolute atomic E-state index is 0.0577. The molecule has 1 amide bonds. The van der Waals surface area contributed by atoms with E-state index in [-0.39, 0.29) is 18.2 Å². The summed E-state index contributed by atoms with van der Waals surface area (Å²) in [6.45, 7) is 1.75. The van der Waals surface area contributed by atoms with Gasteiger partial charge in [-0.25, -0.2) is 0 Å². The Morgan fingerprint density at radius 3 is 2.54 bits per heavy atom. The normalized spacial score (nSPS) is 18.7. The summed E-state index contributed by atoms with van der Waals surface area (Å²) in [4.78, 5) is 24.4. The van der Waals surface area contributed by atoms with Gasteiger partial charge in [0.2, 0.25) is 5.91 Å². The summed E-state index contributed by atoms with van der Waals surface area (Å²) >= 11 is 6.13. The number of carbonyl (C=O) groups is 2. The Balaban J connectivity index is 2.23. The highest BCUT2D eigenvalue weighted by atomic mass is 35.5. The molecule has 5 nitrogen and oxygen atoms in total. The zero-order valence-electron chi connectivity index (χ0n) is 15.2. The first-order valence-electron chi connectivity index (χ1n) is 8.84. The van der Waals surface area contributed by atoms with Crippen LogP contribution in [0.3, 0.4) is 0 Å². The van der Waals surface area contributed by atoms with E-state index in [1.807, 2.05) is 0 Å². The Hall–Kier alpha value is -1.40. The van der Waals surface area contributed by atoms with Crippen LogP contribution in [0.5, 0.6) is 0 Å². The lowest BCUT2D eigenvalue weighted by molar-refractivity contribution is -0.145. The Labute approximate surface area is 162 Å². The van der Waals surface area contributed by atoms with Crippen molar-refractivity contribution >= 4 is 40.0 Å². The van der Waals surface area contributed by atoms with Crippen LogP contribution in [0.25, 0.3) is 0 Å². The lowest BCUT2D eigenvalue weighted by Crippen LogP contribution is -2.42. The predicted octanol–water partition coefficient (Wildman–Crippen LogP) is 4.22. The minimum Gasteiger partial charge on any atom is -0.481 e. The van der Waals surface area contributed by atoms with Crippen LogP contribution < -0.4 is 5.32 Å². The molecule has 1 saturated carbocycles. The van der Waals surface area contributed by atoms with Crippen LogP contribution in [0.4, 0.5) is 5.69 Å². The van der Waals surface area contributed by atoms with Crippen molar-refractivity contribution in [1.82, 2.24) is 0 Å². The van der Waals surface area contributed by atoms with Crippen LogP contribution in [0.1, 0.15) is 51.0 Å². The molecule has 2 unspecified atom stereocenters. The molecule has 2 N–H and O–H groups in total. The number of anilines is 1. The molecule has 1 aliphatic rings. The van der Waals surface area contributed by atoms with Gasteiger partial charge in [-0.2, -0.15) is 0 Å². The fourth-order valence-corrected chi connectivity index (χ4v) is 4.66. The van der Waals surface area contributed by atoms with Crippen LogP contribution in [-0.4, -0.2) is 27.4 Å². The number of carboxylic acids is 1. The van der Waals surface area contributed by atoms with Gasteiger partial charge in [0.15, 0.2) is 0 Å². The molecule has 1 aliphatic carbocycles. The molecule has 0 aliphatic heterocycles. The predicted molar refractivity (Wildman–Crippen MR) is 105 cm³/mol. The monoisotopic (exact) mass is 399 g/mol. The summed E-state index contributed by atoms with van der Waals surface area (Å²) in [5.74, 6) is -0.885. The molecule has 0 bridgehead atoms. The van der Waals surface area contributed by atoms with Gasteiger partial charge in [-0.3, -0.25) is 13.8 Å². The molecule has 1 fully saturated rings. The standard InChI is InChI=1S/C19H26ClNO4S/c1-19(11-17(22)23,14-6-4-3-5-7-14)18(24)21-15-8-9-16(20)13(10-15)12-26(2)25/h8-10,14H,3-7,11-12H2,1-2H3,(H,21,24)(H,22,23). The van der Waals surface area contributed by atoms with E-state index in [9.17, 15) is 18.9 Å². The van der Waals surface area contributed by atoms with Crippen molar-refractivity contribution in [1.29, 1.82) is 0 Å². The average molecular weight is 400 g/mol. The summed E-state index contributed by atoms with van der Waals surface area (Å²) in [7, 11) is -1.05. The summed E-state index contributed by atoms with van der Waals surface area (Å²) in [6.07, 6.45) is 6.34. The van der Waals surface area contributed by atoms with Gasteiger partial charge in [0.1, 0.15) is 0 Å². The van der Waals surface area contributed by atoms with Crippen molar-refractivity contribution in [3.05, 3.63) is 28.8 Å². The third-order valence-electron chi connectivity index (χ3n) is 5.21. The van der Waals surface area contributed by atoms with E-state index < -0.39 is 22.2 Å². The lowest BCUT2D eigenvalue weighted by Gasteiger charge is -2.37. The Morgan fingerprint density at radius 1 is 1.31 bits per heavy atom. The van der Waals surface area contributed by atoms with Gasteiger partial charge in [-0.15, -0.1) is 0 Å². The number of nitrogens with one attached hydrogen (secondary N) is 1. The molecular weight excluding hydrogens is 374 g/mol. The van der Waals surface area contributed by atoms with Gasteiger partial charge in [0.05, 0.1) is 11.8 Å². The first-order valence-corrected chi connectivity index (χ1v) is 10.9. The first-order chi connectivity index (χ1) is 12.2. The number of halogens is 1. The zero-order chi connectivity index (χ0) is 19.3. The summed E-state index contributed by atoms with van der Waals surface area (Å²) in [5.41, 5.74) is 0.287. The first kappa shape index (κ1) is 20.9. The van der Waals surface area contributed by atoms with Gasteiger partial charge in [0, 0.05) is 33.5 Å². The molecule has 0 radical (unpaired) electrons. The van der Waals surface area contributed by atoms with Crippen LogP contribution >= 0.6 is 11.6 Å². The molecule has 26 heavy (non-hydrogen) atoms. The van der Waals surface area contributed by atoms with Crippen molar-refractivity contribution in [3.63, 3.8) is 0 Å². The highest BCUT2D eigenvalue weighted by Crippen LogP contribution is 2.42. The second kappa shape index (κ2) is 9.00. The molecule has 2 atom stereocenters. The molecule has 0 spiro atoms. The maximum absolute atomic E-state index is 13.0. The van der Waals surface area contributed by atoms with Crippen molar-refractivity contribution in [3.8, 4) is 0 Å². The largest absolute Gasteiger partial charge is 0.481 e. The molecule has 0 aromatic heterocycles. The van der Waals surface area contributed by atoms with Gasteiger partial charge in [0.25, 0.3) is 0 Å². The molecular formula is C19H26ClNO4S. The van der Waals surface area contributed by atoms with E-state index in [1.54, 1.807) is 31.4 Å². The van der Waals surface area contributed by atoms with Gasteiger partial charge in [-0.05, 0) is 49.4 Å². The topological polar surface area (TPSA) is 83.5 Å². The average Bonchev–Trinajstić information content (AvgIpc) is 2.57. The van der Waals surface area contributed by atoms with Crippen molar-refractivity contribution in [2.24, 2.45) is 11.3 Å². The smallest absolute Gasteiger partial charge is 0.304 e. The van der Waals surface area contributed by atoms with Crippen LogP contribution in [0.2, 0.25) is 5.02 Å². The Morgan fingerprint density at radius 2 is 1.96 bits per heavy atom. The van der Waals surface area contributed by atoms with Gasteiger partial charge < -0.3 is 10.4 Å². The summed E-state index contributed by atoms with van der Waals surface area (Å²) in [5, 5.41) is 12.7. The van der Waals surface area contributed by atoms with Gasteiger partial charge >= 0.3 is 5.97 Å². The van der Waals surface area contributed by atoms with E-state index in [4.69, 9.17) is 11.6 Å². The second-order valence-electron chi connectivity index (χ2n) is 7.30. The summed E-state index contributed by atoms with van der Waals surface area (Å²) < 4.78 is 11.5. The number of hydrogen-bond acceptors (Lipinski definition) is 3. The molecule has 2 rings (SSSR count). The van der Waals surface area contributed by atoms with E-state index in [0.29, 0.717) is 22.0 Å². The number of carbonyl (C=O) groups excluding carboxylic acids is 1. The fourth-order valence-electron chi connectivity index (χ4n) is 3.72. The van der Waals surface area contributed by atoms with Crippen LogP contribution in [0.15, 0.2) is 18.2 Å². The Bertz CT molecular complexity index is 703. The number of amides is 1. The maximum atomic E-state index is 13.0. The number of hydrogen-bond donors (Lipinski definition) is 2. The van der Waals surface area contributed by atoms with E-state index >= 15 is 0 Å².